The number of aromatic hydroxyl groups is 1. The van der Waals surface area contributed by atoms with Crippen LogP contribution in [0.3, 0.4) is 0 Å². The summed E-state index contributed by atoms with van der Waals surface area (Å²) in [5.41, 5.74) is 3.67. The minimum absolute atomic E-state index is 0.328. The number of phenols is 1. The zero-order chi connectivity index (χ0) is 12.0. The molecule has 0 unspecified atom stereocenters. The predicted octanol–water partition coefficient (Wildman–Crippen LogP) is 3.83. The monoisotopic (exact) mass is 225 g/mol. The van der Waals surface area contributed by atoms with Crippen LogP contribution in [0.15, 0.2) is 36.4 Å². The van der Waals surface area contributed by atoms with Gasteiger partial charge in [0.05, 0.1) is 0 Å². The number of hydrogen-bond donors (Lipinski definition) is 1. The lowest BCUT2D eigenvalue weighted by molar-refractivity contribution is 0.476. The summed E-state index contributed by atoms with van der Waals surface area (Å²) in [7, 11) is 0. The molecule has 2 nitrogen and oxygen atoms in total. The van der Waals surface area contributed by atoms with E-state index in [1.807, 2.05) is 12.1 Å². The van der Waals surface area contributed by atoms with Gasteiger partial charge in [-0.3, -0.25) is 0 Å². The first-order valence-electron chi connectivity index (χ1n) is 5.92. The number of aryl methyl sites for hydroxylation is 2. The predicted molar refractivity (Wildman–Crippen MR) is 71.5 cm³/mol. The molecule has 0 amide bonds. The van der Waals surface area contributed by atoms with Crippen molar-refractivity contribution in [2.75, 3.05) is 0 Å². The molecule has 3 aromatic rings. The molecule has 1 aromatic heterocycles. The van der Waals surface area contributed by atoms with E-state index in [2.05, 4.69) is 36.6 Å². The molecule has 1 N–H and O–H groups in total. The van der Waals surface area contributed by atoms with E-state index in [0.717, 1.165) is 11.9 Å². The summed E-state index contributed by atoms with van der Waals surface area (Å²) in [4.78, 5) is 0. The molecule has 0 fully saturated rings. The Morgan fingerprint density at radius 1 is 1.00 bits per heavy atom. The van der Waals surface area contributed by atoms with Gasteiger partial charge in [0.2, 0.25) is 0 Å². The van der Waals surface area contributed by atoms with Gasteiger partial charge >= 0.3 is 0 Å². The molecule has 0 aliphatic carbocycles. The summed E-state index contributed by atoms with van der Waals surface area (Å²) in [5.74, 6) is 0.328. The van der Waals surface area contributed by atoms with Gasteiger partial charge in [-0.25, -0.2) is 0 Å². The molecule has 0 radical (unpaired) electrons. The summed E-state index contributed by atoms with van der Waals surface area (Å²) in [6.07, 6.45) is 0. The summed E-state index contributed by atoms with van der Waals surface area (Å²) in [6.45, 7) is 5.18. The number of benzene rings is 2. The number of rotatable bonds is 1. The van der Waals surface area contributed by atoms with Crippen LogP contribution in [0.2, 0.25) is 0 Å². The molecule has 17 heavy (non-hydrogen) atoms. The quantitative estimate of drug-likeness (QED) is 0.669. The highest BCUT2D eigenvalue weighted by Crippen LogP contribution is 2.31. The largest absolute Gasteiger partial charge is 0.508 e. The number of aromatic nitrogens is 1. The van der Waals surface area contributed by atoms with Crippen molar-refractivity contribution in [3.05, 3.63) is 42.0 Å². The number of phenolic OH excluding ortho intramolecular Hbond substituents is 1. The highest BCUT2D eigenvalue weighted by Gasteiger charge is 2.09. The van der Waals surface area contributed by atoms with Crippen LogP contribution in [-0.4, -0.2) is 9.67 Å². The molecule has 2 aromatic carbocycles. The average Bonchev–Trinajstić information content (AvgIpc) is 2.62. The summed E-state index contributed by atoms with van der Waals surface area (Å²) >= 11 is 0. The van der Waals surface area contributed by atoms with Gasteiger partial charge in [-0.2, -0.15) is 0 Å². The molecule has 3 rings (SSSR count). The van der Waals surface area contributed by atoms with Crippen molar-refractivity contribution in [1.29, 1.82) is 0 Å². The van der Waals surface area contributed by atoms with Crippen LogP contribution in [0.1, 0.15) is 12.5 Å². The van der Waals surface area contributed by atoms with Gasteiger partial charge in [0.1, 0.15) is 5.75 Å². The third-order valence-corrected chi connectivity index (χ3v) is 3.32. The lowest BCUT2D eigenvalue weighted by Gasteiger charge is -2.02. The van der Waals surface area contributed by atoms with Crippen molar-refractivity contribution in [1.82, 2.24) is 4.57 Å². The van der Waals surface area contributed by atoms with E-state index in [1.54, 1.807) is 6.07 Å². The number of nitrogens with zero attached hydrogens (tertiary/aromatic N) is 1. The molecule has 1 heterocycles. The summed E-state index contributed by atoms with van der Waals surface area (Å²) in [5, 5.41) is 12.0. The van der Waals surface area contributed by atoms with Gasteiger partial charge in [0.25, 0.3) is 0 Å². The van der Waals surface area contributed by atoms with Gasteiger partial charge in [0.15, 0.2) is 0 Å². The average molecular weight is 225 g/mol. The van der Waals surface area contributed by atoms with Crippen LogP contribution in [0.4, 0.5) is 0 Å². The lowest BCUT2D eigenvalue weighted by atomic mass is 10.1. The van der Waals surface area contributed by atoms with E-state index in [4.69, 9.17) is 0 Å². The van der Waals surface area contributed by atoms with Crippen molar-refractivity contribution in [3.63, 3.8) is 0 Å². The van der Waals surface area contributed by atoms with Crippen molar-refractivity contribution >= 4 is 21.8 Å². The number of fused-ring (bicyclic) bond motifs is 3. The summed E-state index contributed by atoms with van der Waals surface area (Å²) < 4.78 is 2.28. The van der Waals surface area contributed by atoms with Crippen LogP contribution in [-0.2, 0) is 6.54 Å². The van der Waals surface area contributed by atoms with E-state index < -0.39 is 0 Å². The van der Waals surface area contributed by atoms with Crippen LogP contribution in [0.5, 0.6) is 5.75 Å². The third-order valence-electron chi connectivity index (χ3n) is 3.32. The Balaban J connectivity index is 2.57. The van der Waals surface area contributed by atoms with Gasteiger partial charge in [-0.05, 0) is 44.2 Å². The van der Waals surface area contributed by atoms with E-state index in [1.165, 1.54) is 22.0 Å². The van der Waals surface area contributed by atoms with Crippen molar-refractivity contribution < 1.29 is 5.11 Å². The van der Waals surface area contributed by atoms with Gasteiger partial charge in [-0.1, -0.05) is 11.6 Å². The van der Waals surface area contributed by atoms with Crippen LogP contribution in [0, 0.1) is 6.92 Å². The topological polar surface area (TPSA) is 25.2 Å². The second-order valence-corrected chi connectivity index (χ2v) is 4.47. The molecule has 2 heteroatoms. The Kier molecular flexibility index (Phi) is 2.11. The molecule has 0 spiro atoms. The Labute approximate surface area is 100 Å². The Bertz CT molecular complexity index is 650. The van der Waals surface area contributed by atoms with Gasteiger partial charge in [0, 0.05) is 28.4 Å². The first kappa shape index (κ1) is 10.2. The minimum Gasteiger partial charge on any atom is -0.508 e. The lowest BCUT2D eigenvalue weighted by Crippen LogP contribution is -1.92. The van der Waals surface area contributed by atoms with Crippen molar-refractivity contribution in [2.45, 2.75) is 20.4 Å². The number of hydrogen-bond acceptors (Lipinski definition) is 1. The fourth-order valence-corrected chi connectivity index (χ4v) is 2.55. The summed E-state index contributed by atoms with van der Waals surface area (Å²) in [6, 6.07) is 12.1. The molecule has 0 aliphatic heterocycles. The molecule has 86 valence electrons. The normalized spacial score (nSPS) is 11.4. The first-order chi connectivity index (χ1) is 8.20. The smallest absolute Gasteiger partial charge is 0.116 e. The fraction of sp³-hybridized carbons (Fsp3) is 0.200. The Morgan fingerprint density at radius 2 is 1.65 bits per heavy atom. The zero-order valence-electron chi connectivity index (χ0n) is 10.1. The van der Waals surface area contributed by atoms with Crippen molar-refractivity contribution in [2.24, 2.45) is 0 Å². The third kappa shape index (κ3) is 1.41. The standard InChI is InChI=1S/C15H15NO/c1-3-16-14-6-4-10(2)8-12(14)13-9-11(17)5-7-15(13)16/h4-9,17H,3H2,1-2H3. The van der Waals surface area contributed by atoms with E-state index >= 15 is 0 Å². The maximum atomic E-state index is 9.63. The molecule has 0 atom stereocenters. The minimum atomic E-state index is 0.328. The van der Waals surface area contributed by atoms with Gasteiger partial charge in [-0.15, -0.1) is 0 Å². The fourth-order valence-electron chi connectivity index (χ4n) is 2.55. The van der Waals surface area contributed by atoms with Crippen LogP contribution in [0.25, 0.3) is 21.8 Å². The molecule has 0 aliphatic rings. The maximum absolute atomic E-state index is 9.63. The van der Waals surface area contributed by atoms with Crippen LogP contribution < -0.4 is 0 Å². The van der Waals surface area contributed by atoms with E-state index in [0.29, 0.717) is 5.75 Å². The molecule has 0 bridgehead atoms. The van der Waals surface area contributed by atoms with Crippen LogP contribution >= 0.6 is 0 Å². The van der Waals surface area contributed by atoms with Crippen molar-refractivity contribution in [3.8, 4) is 5.75 Å². The highest BCUT2D eigenvalue weighted by atomic mass is 16.3. The van der Waals surface area contributed by atoms with E-state index in [9.17, 15) is 5.11 Å². The molecular weight excluding hydrogens is 210 g/mol. The Hall–Kier alpha value is -1.96. The zero-order valence-corrected chi connectivity index (χ0v) is 10.1. The maximum Gasteiger partial charge on any atom is 0.116 e. The highest BCUT2D eigenvalue weighted by molar-refractivity contribution is 6.08. The SMILES string of the molecule is CCn1c2ccc(C)cc2c2cc(O)ccc21. The molecule has 0 saturated carbocycles. The van der Waals surface area contributed by atoms with Gasteiger partial charge < -0.3 is 9.67 Å². The first-order valence-corrected chi connectivity index (χ1v) is 5.92. The second kappa shape index (κ2) is 3.52. The Morgan fingerprint density at radius 3 is 2.35 bits per heavy atom. The molecular formula is C15H15NO. The second-order valence-electron chi connectivity index (χ2n) is 4.47. The molecule has 0 saturated heterocycles. The van der Waals surface area contributed by atoms with E-state index in [-0.39, 0.29) is 0 Å².